The van der Waals surface area contributed by atoms with Gasteiger partial charge in [-0.3, -0.25) is 9.59 Å². The molecule has 4 heterocycles. The highest BCUT2D eigenvalue weighted by Crippen LogP contribution is 2.41. The number of rotatable bonds is 5. The van der Waals surface area contributed by atoms with Gasteiger partial charge in [0.1, 0.15) is 22.7 Å². The number of para-hydroxylation sites is 1. The van der Waals surface area contributed by atoms with Crippen LogP contribution in [0, 0.1) is 0 Å². The smallest absolute Gasteiger partial charge is 0.252 e. The normalized spacial score (nSPS) is 20.8. The Balaban J connectivity index is 1.35. The number of hydrogen-bond donors (Lipinski definition) is 4. The van der Waals surface area contributed by atoms with E-state index >= 15 is 0 Å². The molecule has 4 N–H and O–H groups in total. The Morgan fingerprint density at radius 2 is 2.03 bits per heavy atom. The number of aromatic amines is 1. The number of H-pyrrole nitrogens is 1. The summed E-state index contributed by atoms with van der Waals surface area (Å²) in [4.78, 5) is 34.1. The van der Waals surface area contributed by atoms with Gasteiger partial charge in [-0.2, -0.15) is 0 Å². The monoisotopic (exact) mass is 518 g/mol. The van der Waals surface area contributed by atoms with Gasteiger partial charge < -0.3 is 30.2 Å². The average Bonchev–Trinajstić information content (AvgIpc) is 3.35. The highest BCUT2D eigenvalue weighted by Gasteiger charge is 2.46. The van der Waals surface area contributed by atoms with Gasteiger partial charge in [-0.25, -0.2) is 4.98 Å². The van der Waals surface area contributed by atoms with Crippen LogP contribution in [0.2, 0.25) is 5.02 Å². The van der Waals surface area contributed by atoms with Crippen LogP contribution >= 0.6 is 11.6 Å². The molecule has 1 spiro atoms. The number of benzene rings is 2. The van der Waals surface area contributed by atoms with Gasteiger partial charge in [-0.15, -0.1) is 0 Å². The number of aliphatic hydroxyl groups excluding tert-OH is 1. The largest absolute Gasteiger partial charge is 0.457 e. The van der Waals surface area contributed by atoms with E-state index in [0.717, 1.165) is 0 Å². The molecule has 1 saturated heterocycles. The van der Waals surface area contributed by atoms with Crippen molar-refractivity contribution in [2.75, 3.05) is 23.8 Å². The minimum atomic E-state index is -1.02. The quantitative estimate of drug-likeness (QED) is 0.286. The van der Waals surface area contributed by atoms with Gasteiger partial charge >= 0.3 is 0 Å². The zero-order valence-electron chi connectivity index (χ0n) is 19.6. The Morgan fingerprint density at radius 3 is 2.76 bits per heavy atom. The molecule has 9 nitrogen and oxygen atoms in total. The topological polar surface area (TPSA) is 126 Å². The van der Waals surface area contributed by atoms with Crippen LogP contribution in [0.5, 0.6) is 11.5 Å². The van der Waals surface area contributed by atoms with Crippen molar-refractivity contribution in [2.45, 2.75) is 24.5 Å². The molecule has 0 radical (unpaired) electrons. The summed E-state index contributed by atoms with van der Waals surface area (Å²) < 4.78 is 11.6. The van der Waals surface area contributed by atoms with Crippen molar-refractivity contribution in [3.63, 3.8) is 0 Å². The van der Waals surface area contributed by atoms with E-state index in [-0.39, 0.29) is 36.0 Å². The minimum absolute atomic E-state index is 0.0930. The van der Waals surface area contributed by atoms with Crippen LogP contribution in [0.3, 0.4) is 0 Å². The number of aromatic nitrogens is 2. The summed E-state index contributed by atoms with van der Waals surface area (Å²) >= 11 is 6.53. The number of ketones is 1. The second kappa shape index (κ2) is 9.19. The molecule has 2 aliphatic heterocycles. The van der Waals surface area contributed by atoms with Gasteiger partial charge in [0.15, 0.2) is 5.78 Å². The molecule has 0 aliphatic carbocycles. The molecule has 1 fully saturated rings. The Hall–Kier alpha value is -3.92. The zero-order valence-corrected chi connectivity index (χ0v) is 20.3. The first kappa shape index (κ1) is 23.5. The average molecular weight is 519 g/mol. The molecule has 0 saturated carbocycles. The van der Waals surface area contributed by atoms with Crippen molar-refractivity contribution in [2.24, 2.45) is 0 Å². The van der Waals surface area contributed by atoms with E-state index < -0.39 is 5.54 Å². The molecule has 2 atom stereocenters. The Labute approximate surface area is 216 Å². The van der Waals surface area contributed by atoms with Gasteiger partial charge in [-0.1, -0.05) is 29.8 Å². The molecule has 6 rings (SSSR count). The van der Waals surface area contributed by atoms with Crippen molar-refractivity contribution in [3.8, 4) is 11.5 Å². The predicted octanol–water partition coefficient (Wildman–Crippen LogP) is 4.51. The highest BCUT2D eigenvalue weighted by molar-refractivity contribution is 6.36. The number of anilines is 2. The van der Waals surface area contributed by atoms with E-state index in [1.54, 1.807) is 30.6 Å². The maximum absolute atomic E-state index is 13.7. The van der Waals surface area contributed by atoms with Gasteiger partial charge in [0, 0.05) is 17.8 Å². The van der Waals surface area contributed by atoms with Crippen LogP contribution in [0.1, 0.15) is 28.8 Å². The maximum atomic E-state index is 13.7. The summed E-state index contributed by atoms with van der Waals surface area (Å²) in [6, 6.07) is 14.2. The number of ether oxygens (including phenoxy) is 2. The summed E-state index contributed by atoms with van der Waals surface area (Å²) in [6.07, 6.45) is 3.82. The fourth-order valence-electron chi connectivity index (χ4n) is 4.80. The third-order valence-corrected chi connectivity index (χ3v) is 7.13. The van der Waals surface area contributed by atoms with Gasteiger partial charge in [0.25, 0.3) is 5.91 Å². The van der Waals surface area contributed by atoms with Crippen LogP contribution in [0.15, 0.2) is 60.9 Å². The van der Waals surface area contributed by atoms with Crippen molar-refractivity contribution in [1.29, 1.82) is 0 Å². The van der Waals surface area contributed by atoms with Crippen LogP contribution in [0.4, 0.5) is 11.4 Å². The highest BCUT2D eigenvalue weighted by atomic mass is 35.5. The van der Waals surface area contributed by atoms with E-state index in [0.29, 0.717) is 57.9 Å². The molecule has 188 valence electrons. The van der Waals surface area contributed by atoms with Crippen LogP contribution in [-0.2, 0) is 9.53 Å². The maximum Gasteiger partial charge on any atom is 0.252 e. The fraction of sp³-hybridized carbons (Fsp3) is 0.222. The van der Waals surface area contributed by atoms with Crippen molar-refractivity contribution < 1.29 is 24.2 Å². The molecule has 2 aromatic carbocycles. The van der Waals surface area contributed by atoms with Crippen LogP contribution < -0.4 is 15.4 Å². The van der Waals surface area contributed by atoms with Gasteiger partial charge in [0.2, 0.25) is 0 Å². The second-order valence-corrected chi connectivity index (χ2v) is 9.58. The number of hydrogen-bond acceptors (Lipinski definition) is 7. The summed E-state index contributed by atoms with van der Waals surface area (Å²) in [5, 5.41) is 16.5. The number of nitrogens with zero attached hydrogens (tertiary/aromatic N) is 1. The Morgan fingerprint density at radius 1 is 1.19 bits per heavy atom. The standard InChI is InChI=1S/C27H23ClN4O5/c28-20-10-16(37-15-4-2-1-3-5-15)6-7-18(20)24(34)19-11-29-25-22(19)23-21(12-30-25)31-26(35)27(32-23)9-8-17(13-33)36-14-27/h1-7,10-12,17,32-33H,8-9,13-14H2,(H,29,30)(H,31,35)/t17-,27-/m1/s1. The molecule has 2 aliphatic rings. The third kappa shape index (κ3) is 4.11. The lowest BCUT2D eigenvalue weighted by molar-refractivity contribution is -0.128. The zero-order chi connectivity index (χ0) is 25.6. The second-order valence-electron chi connectivity index (χ2n) is 9.17. The van der Waals surface area contributed by atoms with Crippen LogP contribution in [-0.4, -0.2) is 51.6 Å². The van der Waals surface area contributed by atoms with E-state index in [2.05, 4.69) is 20.6 Å². The lowest BCUT2D eigenvalue weighted by Gasteiger charge is -2.42. The number of pyridine rings is 1. The summed E-state index contributed by atoms with van der Waals surface area (Å²) in [5.41, 5.74) is 1.20. The Kier molecular flexibility index (Phi) is 5.83. The molecular weight excluding hydrogens is 496 g/mol. The number of carbonyl (C=O) groups excluding carboxylic acids is 2. The van der Waals surface area contributed by atoms with Crippen molar-refractivity contribution >= 4 is 45.7 Å². The molecule has 0 unspecified atom stereocenters. The summed E-state index contributed by atoms with van der Waals surface area (Å²) in [6.45, 7) is -0.00935. The van der Waals surface area contributed by atoms with Gasteiger partial charge in [-0.05, 0) is 37.1 Å². The molecule has 37 heavy (non-hydrogen) atoms. The number of fused-ring (bicyclic) bond motifs is 3. The molecule has 2 aromatic heterocycles. The number of amides is 1. The first-order valence-corrected chi connectivity index (χ1v) is 12.2. The first-order valence-electron chi connectivity index (χ1n) is 11.9. The third-order valence-electron chi connectivity index (χ3n) is 6.82. The summed E-state index contributed by atoms with van der Waals surface area (Å²) in [7, 11) is 0. The minimum Gasteiger partial charge on any atom is -0.457 e. The lowest BCUT2D eigenvalue weighted by Crippen LogP contribution is -2.59. The SMILES string of the molecule is O=C(c1ccc(Oc2ccccc2)cc1Cl)c1c[nH]c2ncc3c(c12)N[C@@]1(CC[C@H](CO)OC1)C(=O)N3. The molecule has 0 bridgehead atoms. The number of halogens is 1. The van der Waals surface area contributed by atoms with E-state index in [1.807, 2.05) is 30.3 Å². The van der Waals surface area contributed by atoms with E-state index in [1.165, 1.54) is 0 Å². The summed E-state index contributed by atoms with van der Waals surface area (Å²) in [5.74, 6) is 0.630. The van der Waals surface area contributed by atoms with Crippen LogP contribution in [0.25, 0.3) is 11.0 Å². The lowest BCUT2D eigenvalue weighted by atomic mass is 9.86. The molecule has 1 amide bonds. The van der Waals surface area contributed by atoms with Crippen molar-refractivity contribution in [1.82, 2.24) is 9.97 Å². The molecule has 4 aromatic rings. The first-order chi connectivity index (χ1) is 18.0. The molecule has 10 heteroatoms. The van der Waals surface area contributed by atoms with E-state index in [9.17, 15) is 14.7 Å². The fourth-order valence-corrected chi connectivity index (χ4v) is 5.05. The van der Waals surface area contributed by atoms with Gasteiger partial charge in [0.05, 0.1) is 52.9 Å². The molecular formula is C27H23ClN4O5. The number of carbonyl (C=O) groups is 2. The number of aliphatic hydroxyl groups is 1. The predicted molar refractivity (Wildman–Crippen MR) is 139 cm³/mol. The number of nitrogens with one attached hydrogen (secondary N) is 3. The van der Waals surface area contributed by atoms with E-state index in [4.69, 9.17) is 21.1 Å². The Bertz CT molecular complexity index is 1510. The van der Waals surface area contributed by atoms with Crippen molar-refractivity contribution in [3.05, 3.63) is 77.1 Å².